The van der Waals surface area contributed by atoms with Gasteiger partial charge in [0.1, 0.15) is 17.2 Å². The van der Waals surface area contributed by atoms with Crippen LogP contribution >= 0.6 is 11.3 Å². The van der Waals surface area contributed by atoms with Crippen molar-refractivity contribution in [2.45, 2.75) is 39.7 Å². The van der Waals surface area contributed by atoms with Gasteiger partial charge in [-0.3, -0.25) is 0 Å². The standard InChI is InChI=1S/C19H22O3S/c1-12-4-6-16(21-3)15(9-12)11-22-19(20)18-10-14-8-13(2)5-7-17(14)23-18/h4,6,9-10,13H,5,7-8,11H2,1-3H3/t13-/m0/s1. The van der Waals surface area contributed by atoms with Crippen molar-refractivity contribution in [3.05, 3.63) is 50.7 Å². The Morgan fingerprint density at radius 1 is 1.35 bits per heavy atom. The lowest BCUT2D eigenvalue weighted by atomic mass is 9.90. The molecule has 2 aromatic rings. The predicted octanol–water partition coefficient (Wildman–Crippen LogP) is 4.55. The fourth-order valence-corrected chi connectivity index (χ4v) is 4.14. The Hall–Kier alpha value is -1.81. The fourth-order valence-electron chi connectivity index (χ4n) is 3.04. The van der Waals surface area contributed by atoms with Crippen LogP contribution in [0, 0.1) is 12.8 Å². The van der Waals surface area contributed by atoms with Gasteiger partial charge in [0.25, 0.3) is 0 Å². The van der Waals surface area contributed by atoms with Gasteiger partial charge in [-0.05, 0) is 55.9 Å². The topological polar surface area (TPSA) is 35.5 Å². The summed E-state index contributed by atoms with van der Waals surface area (Å²) >= 11 is 1.59. The molecule has 0 fully saturated rings. The summed E-state index contributed by atoms with van der Waals surface area (Å²) in [6, 6.07) is 7.90. The van der Waals surface area contributed by atoms with Crippen molar-refractivity contribution < 1.29 is 14.3 Å². The third-order valence-electron chi connectivity index (χ3n) is 4.33. The summed E-state index contributed by atoms with van der Waals surface area (Å²) in [5.41, 5.74) is 3.35. The largest absolute Gasteiger partial charge is 0.496 e. The van der Waals surface area contributed by atoms with Gasteiger partial charge in [-0.15, -0.1) is 11.3 Å². The van der Waals surface area contributed by atoms with Gasteiger partial charge >= 0.3 is 5.97 Å². The van der Waals surface area contributed by atoms with E-state index in [1.54, 1.807) is 18.4 Å². The smallest absolute Gasteiger partial charge is 0.348 e. The summed E-state index contributed by atoms with van der Waals surface area (Å²) in [5, 5.41) is 0. The average molecular weight is 330 g/mol. The molecule has 0 amide bonds. The van der Waals surface area contributed by atoms with E-state index in [1.165, 1.54) is 16.9 Å². The molecule has 3 nitrogen and oxygen atoms in total. The normalized spacial score (nSPS) is 16.7. The maximum Gasteiger partial charge on any atom is 0.348 e. The monoisotopic (exact) mass is 330 g/mol. The summed E-state index contributed by atoms with van der Waals surface area (Å²) in [5.74, 6) is 1.22. The first-order valence-corrected chi connectivity index (χ1v) is 8.80. The Balaban J connectivity index is 1.69. The third-order valence-corrected chi connectivity index (χ3v) is 5.54. The van der Waals surface area contributed by atoms with Crippen molar-refractivity contribution in [3.8, 4) is 5.75 Å². The van der Waals surface area contributed by atoms with Crippen LogP contribution in [0.5, 0.6) is 5.75 Å². The molecular formula is C19H22O3S. The van der Waals surface area contributed by atoms with Gasteiger partial charge in [-0.1, -0.05) is 18.6 Å². The molecule has 3 rings (SSSR count). The second-order valence-corrected chi connectivity index (χ2v) is 7.44. The predicted molar refractivity (Wildman–Crippen MR) is 92.4 cm³/mol. The number of methoxy groups -OCH3 is 1. The summed E-state index contributed by atoms with van der Waals surface area (Å²) in [4.78, 5) is 14.4. The van der Waals surface area contributed by atoms with Crippen molar-refractivity contribution in [1.29, 1.82) is 0 Å². The van der Waals surface area contributed by atoms with Crippen LogP contribution in [0.25, 0.3) is 0 Å². The van der Waals surface area contributed by atoms with Crippen molar-refractivity contribution in [3.63, 3.8) is 0 Å². The van der Waals surface area contributed by atoms with Gasteiger partial charge in [0, 0.05) is 10.4 Å². The highest BCUT2D eigenvalue weighted by Crippen LogP contribution is 2.32. The zero-order valence-electron chi connectivity index (χ0n) is 13.8. The van der Waals surface area contributed by atoms with Crippen LogP contribution in [0.15, 0.2) is 24.3 Å². The summed E-state index contributed by atoms with van der Waals surface area (Å²) in [6.45, 7) is 4.52. The summed E-state index contributed by atoms with van der Waals surface area (Å²) < 4.78 is 10.8. The molecule has 0 bridgehead atoms. The Morgan fingerprint density at radius 3 is 2.96 bits per heavy atom. The van der Waals surface area contributed by atoms with E-state index >= 15 is 0 Å². The maximum absolute atomic E-state index is 12.3. The highest BCUT2D eigenvalue weighted by atomic mass is 32.1. The minimum atomic E-state index is -0.236. The third kappa shape index (κ3) is 3.58. The molecule has 122 valence electrons. The van der Waals surface area contributed by atoms with Gasteiger partial charge in [0.2, 0.25) is 0 Å². The highest BCUT2D eigenvalue weighted by Gasteiger charge is 2.21. The van der Waals surface area contributed by atoms with Gasteiger partial charge in [-0.25, -0.2) is 4.79 Å². The van der Waals surface area contributed by atoms with E-state index in [-0.39, 0.29) is 12.6 Å². The van der Waals surface area contributed by atoms with Crippen LogP contribution in [0.1, 0.15) is 44.6 Å². The second-order valence-electron chi connectivity index (χ2n) is 6.30. The number of carbonyl (C=O) groups excluding carboxylic acids is 1. The molecule has 0 aliphatic heterocycles. The zero-order chi connectivity index (χ0) is 16.4. The molecule has 0 spiro atoms. The lowest BCUT2D eigenvalue weighted by Crippen LogP contribution is -2.08. The van der Waals surface area contributed by atoms with Gasteiger partial charge < -0.3 is 9.47 Å². The van der Waals surface area contributed by atoms with Crippen molar-refractivity contribution in [1.82, 2.24) is 0 Å². The van der Waals surface area contributed by atoms with Crippen LogP contribution in [0.4, 0.5) is 0 Å². The highest BCUT2D eigenvalue weighted by molar-refractivity contribution is 7.14. The second kappa shape index (κ2) is 6.75. The van der Waals surface area contributed by atoms with Crippen molar-refractivity contribution in [2.75, 3.05) is 7.11 Å². The number of thiophene rings is 1. The van der Waals surface area contributed by atoms with Gasteiger partial charge in [0.05, 0.1) is 7.11 Å². The van der Waals surface area contributed by atoms with Crippen LogP contribution in [-0.2, 0) is 24.2 Å². The van der Waals surface area contributed by atoms with E-state index in [1.807, 2.05) is 31.2 Å². The molecule has 0 saturated heterocycles. The molecule has 23 heavy (non-hydrogen) atoms. The molecule has 1 aliphatic rings. The number of esters is 1. The van der Waals surface area contributed by atoms with E-state index in [4.69, 9.17) is 9.47 Å². The van der Waals surface area contributed by atoms with Crippen LogP contribution in [0.3, 0.4) is 0 Å². The molecule has 1 aromatic heterocycles. The Kier molecular flexibility index (Phi) is 4.71. The number of aryl methyl sites for hydroxylation is 2. The Labute approximate surface area is 141 Å². The molecular weight excluding hydrogens is 308 g/mol. The Morgan fingerprint density at radius 2 is 2.17 bits per heavy atom. The minimum absolute atomic E-state index is 0.236. The molecule has 1 heterocycles. The van der Waals surface area contributed by atoms with Gasteiger partial charge in [-0.2, -0.15) is 0 Å². The molecule has 4 heteroatoms. The lowest BCUT2D eigenvalue weighted by molar-refractivity contribution is 0.0476. The van der Waals surface area contributed by atoms with Crippen molar-refractivity contribution >= 4 is 17.3 Å². The molecule has 0 radical (unpaired) electrons. The van der Waals surface area contributed by atoms with Crippen LogP contribution in [0.2, 0.25) is 0 Å². The van der Waals surface area contributed by atoms with Crippen molar-refractivity contribution in [2.24, 2.45) is 5.92 Å². The molecule has 0 saturated carbocycles. The molecule has 1 atom stereocenters. The molecule has 1 aromatic carbocycles. The summed E-state index contributed by atoms with van der Waals surface area (Å²) in [7, 11) is 1.63. The molecule has 0 N–H and O–H groups in total. The van der Waals surface area contributed by atoms with Crippen LogP contribution in [-0.4, -0.2) is 13.1 Å². The van der Waals surface area contributed by atoms with Crippen LogP contribution < -0.4 is 4.74 Å². The SMILES string of the molecule is COc1ccc(C)cc1COC(=O)c1cc2c(s1)CC[C@H](C)C2. The lowest BCUT2D eigenvalue weighted by Gasteiger charge is -2.16. The minimum Gasteiger partial charge on any atom is -0.496 e. The number of benzene rings is 1. The first-order valence-electron chi connectivity index (χ1n) is 7.99. The number of ether oxygens (including phenoxy) is 2. The molecule has 0 unspecified atom stereocenters. The summed E-state index contributed by atoms with van der Waals surface area (Å²) in [6.07, 6.45) is 3.37. The maximum atomic E-state index is 12.3. The van der Waals surface area contributed by atoms with E-state index in [0.717, 1.165) is 34.6 Å². The number of fused-ring (bicyclic) bond motifs is 1. The van der Waals surface area contributed by atoms with E-state index in [2.05, 4.69) is 6.92 Å². The first kappa shape index (κ1) is 16.1. The van der Waals surface area contributed by atoms with E-state index in [0.29, 0.717) is 5.92 Å². The number of hydrogen-bond acceptors (Lipinski definition) is 4. The quantitative estimate of drug-likeness (QED) is 0.772. The molecule has 1 aliphatic carbocycles. The van der Waals surface area contributed by atoms with E-state index < -0.39 is 0 Å². The number of rotatable bonds is 4. The number of hydrogen-bond donors (Lipinski definition) is 0. The zero-order valence-corrected chi connectivity index (χ0v) is 14.7. The first-order chi connectivity index (χ1) is 11.1. The Bertz CT molecular complexity index is 717. The average Bonchev–Trinajstić information content (AvgIpc) is 2.95. The fraction of sp³-hybridized carbons (Fsp3) is 0.421. The van der Waals surface area contributed by atoms with Gasteiger partial charge in [0.15, 0.2) is 0 Å². The van der Waals surface area contributed by atoms with E-state index in [9.17, 15) is 4.79 Å². The number of carbonyl (C=O) groups is 1.